The van der Waals surface area contributed by atoms with Crippen molar-refractivity contribution in [3.63, 3.8) is 0 Å². The van der Waals surface area contributed by atoms with Gasteiger partial charge in [0.1, 0.15) is 0 Å². The summed E-state index contributed by atoms with van der Waals surface area (Å²) in [6.45, 7) is 1.03. The molecule has 0 saturated carbocycles. The van der Waals surface area contributed by atoms with Crippen LogP contribution < -0.4 is 0 Å². The van der Waals surface area contributed by atoms with E-state index in [-0.39, 0.29) is 25.5 Å². The van der Waals surface area contributed by atoms with E-state index < -0.39 is 13.0 Å². The number of hydrogen-bond acceptors (Lipinski definition) is 3. The number of aliphatic hydroxyl groups is 1. The molecular formula is C14H19F2NO2S. The maximum Gasteiger partial charge on any atom is 0.255 e. The van der Waals surface area contributed by atoms with Crippen molar-refractivity contribution in [3.8, 4) is 0 Å². The van der Waals surface area contributed by atoms with Crippen LogP contribution in [0.25, 0.3) is 0 Å². The first-order chi connectivity index (χ1) is 9.52. The van der Waals surface area contributed by atoms with Crippen LogP contribution >= 0.6 is 11.8 Å². The standard InChI is InChI=1S/C14H19F2NO2S/c1-11-2-4-12(5-3-11)20-9-6-14(19)17(7-8-18)10-13(15)16/h2-5,13,18H,6-10H2,1H3. The number of thioether (sulfide) groups is 1. The largest absolute Gasteiger partial charge is 0.395 e. The van der Waals surface area contributed by atoms with E-state index in [1.165, 1.54) is 11.8 Å². The lowest BCUT2D eigenvalue weighted by molar-refractivity contribution is -0.133. The van der Waals surface area contributed by atoms with E-state index in [4.69, 9.17) is 5.11 Å². The fourth-order valence-electron chi connectivity index (χ4n) is 1.65. The number of amides is 1. The average molecular weight is 303 g/mol. The van der Waals surface area contributed by atoms with Crippen molar-refractivity contribution in [1.82, 2.24) is 4.90 Å². The first-order valence-corrected chi connectivity index (χ1v) is 7.37. The van der Waals surface area contributed by atoms with Crippen LogP contribution in [-0.4, -0.2) is 47.8 Å². The van der Waals surface area contributed by atoms with E-state index in [2.05, 4.69) is 0 Å². The summed E-state index contributed by atoms with van der Waals surface area (Å²) < 4.78 is 24.6. The highest BCUT2D eigenvalue weighted by atomic mass is 32.2. The number of carbonyl (C=O) groups excluding carboxylic acids is 1. The molecule has 0 bridgehead atoms. The Bertz CT molecular complexity index is 412. The Balaban J connectivity index is 2.38. The number of aliphatic hydroxyl groups excluding tert-OH is 1. The van der Waals surface area contributed by atoms with Crippen molar-refractivity contribution in [3.05, 3.63) is 29.8 Å². The molecule has 3 nitrogen and oxygen atoms in total. The van der Waals surface area contributed by atoms with Crippen molar-refractivity contribution < 1.29 is 18.7 Å². The van der Waals surface area contributed by atoms with Gasteiger partial charge in [0.15, 0.2) is 0 Å². The second-order valence-electron chi connectivity index (χ2n) is 4.37. The molecule has 0 aliphatic rings. The molecule has 0 atom stereocenters. The van der Waals surface area contributed by atoms with Gasteiger partial charge in [-0.15, -0.1) is 11.8 Å². The first kappa shape index (κ1) is 16.9. The molecule has 1 N–H and O–H groups in total. The Hall–Kier alpha value is -1.14. The average Bonchev–Trinajstić information content (AvgIpc) is 2.40. The smallest absolute Gasteiger partial charge is 0.255 e. The van der Waals surface area contributed by atoms with Crippen LogP contribution in [-0.2, 0) is 4.79 Å². The van der Waals surface area contributed by atoms with Gasteiger partial charge < -0.3 is 10.0 Å². The zero-order valence-electron chi connectivity index (χ0n) is 11.4. The molecular weight excluding hydrogens is 284 g/mol. The van der Waals surface area contributed by atoms with Crippen molar-refractivity contribution in [2.45, 2.75) is 24.7 Å². The number of alkyl halides is 2. The zero-order chi connectivity index (χ0) is 15.0. The zero-order valence-corrected chi connectivity index (χ0v) is 12.2. The Morgan fingerprint density at radius 3 is 2.55 bits per heavy atom. The molecule has 6 heteroatoms. The van der Waals surface area contributed by atoms with Gasteiger partial charge in [-0.25, -0.2) is 8.78 Å². The minimum Gasteiger partial charge on any atom is -0.395 e. The van der Waals surface area contributed by atoms with Gasteiger partial charge in [-0.05, 0) is 19.1 Å². The highest BCUT2D eigenvalue weighted by Gasteiger charge is 2.17. The van der Waals surface area contributed by atoms with Crippen LogP contribution in [0, 0.1) is 6.92 Å². The number of benzene rings is 1. The molecule has 0 spiro atoms. The number of hydrogen-bond donors (Lipinski definition) is 1. The fraction of sp³-hybridized carbons (Fsp3) is 0.500. The van der Waals surface area contributed by atoms with E-state index in [9.17, 15) is 13.6 Å². The van der Waals surface area contributed by atoms with Crippen molar-refractivity contribution >= 4 is 17.7 Å². The molecule has 0 aliphatic heterocycles. The number of carbonyl (C=O) groups is 1. The molecule has 0 fully saturated rings. The molecule has 112 valence electrons. The Labute approximate surface area is 122 Å². The minimum absolute atomic E-state index is 0.0433. The summed E-state index contributed by atoms with van der Waals surface area (Å²) in [5, 5.41) is 8.78. The lowest BCUT2D eigenvalue weighted by atomic mass is 10.2. The molecule has 0 aliphatic carbocycles. The lowest BCUT2D eigenvalue weighted by Gasteiger charge is -2.21. The number of halogens is 2. The van der Waals surface area contributed by atoms with E-state index in [1.54, 1.807) is 0 Å². The summed E-state index contributed by atoms with van der Waals surface area (Å²) in [6.07, 6.45) is -2.39. The van der Waals surface area contributed by atoms with Crippen LogP contribution in [0.5, 0.6) is 0 Å². The van der Waals surface area contributed by atoms with Gasteiger partial charge in [0.05, 0.1) is 13.2 Å². The molecule has 1 rings (SSSR count). The summed E-state index contributed by atoms with van der Waals surface area (Å²) in [6, 6.07) is 7.91. The highest BCUT2D eigenvalue weighted by molar-refractivity contribution is 7.99. The molecule has 1 aromatic rings. The van der Waals surface area contributed by atoms with Crippen molar-refractivity contribution in [2.75, 3.05) is 25.4 Å². The number of rotatable bonds is 8. The van der Waals surface area contributed by atoms with E-state index >= 15 is 0 Å². The van der Waals surface area contributed by atoms with Gasteiger partial charge in [-0.2, -0.15) is 0 Å². The highest BCUT2D eigenvalue weighted by Crippen LogP contribution is 2.19. The van der Waals surface area contributed by atoms with E-state index in [1.807, 2.05) is 31.2 Å². The second kappa shape index (κ2) is 8.92. The van der Waals surface area contributed by atoms with Gasteiger partial charge >= 0.3 is 0 Å². The number of nitrogens with zero attached hydrogens (tertiary/aromatic N) is 1. The Kier molecular flexibility index (Phi) is 7.54. The molecule has 0 saturated heterocycles. The van der Waals surface area contributed by atoms with Gasteiger partial charge in [0, 0.05) is 23.6 Å². The van der Waals surface area contributed by atoms with Crippen molar-refractivity contribution in [2.24, 2.45) is 0 Å². The predicted octanol–water partition coefficient (Wildman–Crippen LogP) is 2.56. The molecule has 20 heavy (non-hydrogen) atoms. The molecule has 1 amide bonds. The molecule has 0 heterocycles. The number of aryl methyl sites for hydroxylation is 1. The molecule has 1 aromatic carbocycles. The molecule has 0 unspecified atom stereocenters. The van der Waals surface area contributed by atoms with Crippen LogP contribution in [0.1, 0.15) is 12.0 Å². The molecule has 0 radical (unpaired) electrons. The third-order valence-corrected chi connectivity index (χ3v) is 3.70. The first-order valence-electron chi connectivity index (χ1n) is 6.39. The quantitative estimate of drug-likeness (QED) is 0.750. The molecule has 0 aromatic heterocycles. The van der Waals surface area contributed by atoms with Gasteiger partial charge in [0.25, 0.3) is 6.43 Å². The summed E-state index contributed by atoms with van der Waals surface area (Å²) in [4.78, 5) is 13.8. The second-order valence-corrected chi connectivity index (χ2v) is 5.53. The Morgan fingerprint density at radius 1 is 1.35 bits per heavy atom. The minimum atomic E-state index is -2.57. The third kappa shape index (κ3) is 6.34. The Morgan fingerprint density at radius 2 is 2.00 bits per heavy atom. The summed E-state index contributed by atoms with van der Waals surface area (Å²) >= 11 is 1.51. The summed E-state index contributed by atoms with van der Waals surface area (Å²) in [5.74, 6) is 0.187. The summed E-state index contributed by atoms with van der Waals surface area (Å²) in [7, 11) is 0. The normalized spacial score (nSPS) is 10.8. The predicted molar refractivity (Wildman–Crippen MR) is 76.2 cm³/mol. The van der Waals surface area contributed by atoms with E-state index in [0.29, 0.717) is 5.75 Å². The van der Waals surface area contributed by atoms with Crippen LogP contribution in [0.15, 0.2) is 29.2 Å². The summed E-state index contributed by atoms with van der Waals surface area (Å²) in [5.41, 5.74) is 1.16. The third-order valence-electron chi connectivity index (χ3n) is 2.69. The topological polar surface area (TPSA) is 40.5 Å². The monoisotopic (exact) mass is 303 g/mol. The maximum atomic E-state index is 12.3. The lowest BCUT2D eigenvalue weighted by Crippen LogP contribution is -2.37. The van der Waals surface area contributed by atoms with Crippen LogP contribution in [0.2, 0.25) is 0 Å². The van der Waals surface area contributed by atoms with Crippen molar-refractivity contribution in [1.29, 1.82) is 0 Å². The van der Waals surface area contributed by atoms with Crippen LogP contribution in [0.4, 0.5) is 8.78 Å². The maximum absolute atomic E-state index is 12.3. The van der Waals surface area contributed by atoms with Gasteiger partial charge in [-0.3, -0.25) is 4.79 Å². The van der Waals surface area contributed by atoms with Crippen LogP contribution in [0.3, 0.4) is 0 Å². The SMILES string of the molecule is Cc1ccc(SCCC(=O)N(CCO)CC(F)F)cc1. The van der Waals surface area contributed by atoms with Gasteiger partial charge in [-0.1, -0.05) is 17.7 Å². The van der Waals surface area contributed by atoms with Gasteiger partial charge in [0.2, 0.25) is 5.91 Å². The van der Waals surface area contributed by atoms with E-state index in [0.717, 1.165) is 15.4 Å². The fourth-order valence-corrected chi connectivity index (χ4v) is 2.49.